The van der Waals surface area contributed by atoms with Gasteiger partial charge >= 0.3 is 0 Å². The van der Waals surface area contributed by atoms with Crippen molar-refractivity contribution in [1.82, 2.24) is 14.8 Å². The monoisotopic (exact) mass is 342 g/mol. The van der Waals surface area contributed by atoms with Crippen LogP contribution in [-0.2, 0) is 13.5 Å². The zero-order chi connectivity index (χ0) is 17.8. The number of aryl methyl sites for hydroxylation is 1. The molecule has 0 saturated heterocycles. The molecule has 0 spiro atoms. The number of aromatic nitrogens is 3. The summed E-state index contributed by atoms with van der Waals surface area (Å²) < 4.78 is 26.2. The number of hydrogen-bond acceptors (Lipinski definition) is 5. The summed E-state index contributed by atoms with van der Waals surface area (Å²) in [6, 6.07) is 8.11. The van der Waals surface area contributed by atoms with Crippen LogP contribution in [0.25, 0.3) is 11.3 Å². The second-order valence-corrected chi connectivity index (χ2v) is 5.50. The number of nitrogens with two attached hydrogens (primary N) is 1. The van der Waals surface area contributed by atoms with E-state index in [1.807, 2.05) is 19.2 Å². The molecule has 0 atom stereocenters. The number of pyridine rings is 1. The van der Waals surface area contributed by atoms with Gasteiger partial charge in [-0.15, -0.1) is 0 Å². The van der Waals surface area contributed by atoms with Crippen molar-refractivity contribution in [2.24, 2.45) is 7.05 Å². The van der Waals surface area contributed by atoms with E-state index in [-0.39, 0.29) is 5.82 Å². The summed E-state index contributed by atoms with van der Waals surface area (Å²) in [5, 5.41) is 4.14. The maximum absolute atomic E-state index is 13.4. The van der Waals surface area contributed by atoms with Crippen molar-refractivity contribution in [3.63, 3.8) is 0 Å². The Balaban J connectivity index is 1.73. The van der Waals surface area contributed by atoms with Crippen LogP contribution in [0, 0.1) is 5.82 Å². The molecule has 0 saturated carbocycles. The molecule has 130 valence electrons. The summed E-state index contributed by atoms with van der Waals surface area (Å²) in [5.74, 6) is 1.10. The van der Waals surface area contributed by atoms with Crippen LogP contribution >= 0.6 is 0 Å². The molecule has 0 radical (unpaired) electrons. The van der Waals surface area contributed by atoms with Crippen molar-refractivity contribution in [3.8, 4) is 22.8 Å². The van der Waals surface area contributed by atoms with Crippen LogP contribution in [0.15, 0.2) is 42.7 Å². The summed E-state index contributed by atoms with van der Waals surface area (Å²) in [5.41, 5.74) is 8.39. The quantitative estimate of drug-likeness (QED) is 0.745. The lowest BCUT2D eigenvalue weighted by Gasteiger charge is -2.12. The van der Waals surface area contributed by atoms with E-state index in [0.717, 1.165) is 16.8 Å². The van der Waals surface area contributed by atoms with E-state index in [4.69, 9.17) is 15.2 Å². The number of benzene rings is 1. The molecule has 3 aromatic rings. The van der Waals surface area contributed by atoms with Crippen LogP contribution in [-0.4, -0.2) is 28.5 Å². The number of rotatable bonds is 6. The van der Waals surface area contributed by atoms with Crippen LogP contribution in [0.4, 0.5) is 10.2 Å². The first-order chi connectivity index (χ1) is 12.1. The average Bonchev–Trinajstić information content (AvgIpc) is 3.03. The largest absolute Gasteiger partial charge is 0.496 e. The number of nitrogen functional groups attached to an aromatic ring is 1. The van der Waals surface area contributed by atoms with Crippen LogP contribution in [0.1, 0.15) is 5.56 Å². The molecule has 0 fully saturated rings. The van der Waals surface area contributed by atoms with Crippen molar-refractivity contribution < 1.29 is 13.9 Å². The van der Waals surface area contributed by atoms with E-state index in [9.17, 15) is 4.39 Å². The Bertz CT molecular complexity index is 879. The number of halogens is 1. The summed E-state index contributed by atoms with van der Waals surface area (Å²) in [7, 11) is 3.40. The van der Waals surface area contributed by atoms with Gasteiger partial charge in [-0.2, -0.15) is 5.10 Å². The SMILES string of the molecule is COc1ccc(F)cc1CCOc1cc(-c2ccnn2C)cnc1N. The number of anilines is 1. The fourth-order valence-corrected chi connectivity index (χ4v) is 2.58. The van der Waals surface area contributed by atoms with Gasteiger partial charge in [-0.25, -0.2) is 9.37 Å². The molecule has 2 heterocycles. The molecule has 1 aromatic carbocycles. The molecule has 25 heavy (non-hydrogen) atoms. The minimum atomic E-state index is -0.310. The van der Waals surface area contributed by atoms with Gasteiger partial charge in [0.2, 0.25) is 0 Å². The zero-order valence-corrected chi connectivity index (χ0v) is 14.1. The molecule has 7 heteroatoms. The highest BCUT2D eigenvalue weighted by molar-refractivity contribution is 5.64. The van der Waals surface area contributed by atoms with Crippen molar-refractivity contribution in [1.29, 1.82) is 0 Å². The smallest absolute Gasteiger partial charge is 0.166 e. The summed E-state index contributed by atoms with van der Waals surface area (Å²) in [6.07, 6.45) is 3.87. The molecular weight excluding hydrogens is 323 g/mol. The first-order valence-corrected chi connectivity index (χ1v) is 7.77. The average molecular weight is 342 g/mol. The third kappa shape index (κ3) is 3.71. The second-order valence-electron chi connectivity index (χ2n) is 5.50. The van der Waals surface area contributed by atoms with Gasteiger partial charge in [0, 0.05) is 37.0 Å². The van der Waals surface area contributed by atoms with E-state index in [1.54, 1.807) is 30.3 Å². The Morgan fingerprint density at radius 1 is 1.20 bits per heavy atom. The van der Waals surface area contributed by atoms with E-state index in [2.05, 4.69) is 10.1 Å². The molecule has 0 amide bonds. The minimum absolute atomic E-state index is 0.303. The lowest BCUT2D eigenvalue weighted by atomic mass is 10.1. The van der Waals surface area contributed by atoms with E-state index < -0.39 is 0 Å². The molecule has 0 unspecified atom stereocenters. The Labute approximate surface area is 145 Å². The van der Waals surface area contributed by atoms with E-state index in [1.165, 1.54) is 12.1 Å². The summed E-state index contributed by atoms with van der Waals surface area (Å²) in [6.45, 7) is 0.320. The highest BCUT2D eigenvalue weighted by atomic mass is 19.1. The van der Waals surface area contributed by atoms with Crippen LogP contribution in [0.2, 0.25) is 0 Å². The maximum atomic E-state index is 13.4. The molecule has 0 aliphatic heterocycles. The van der Waals surface area contributed by atoms with Gasteiger partial charge in [0.15, 0.2) is 11.6 Å². The van der Waals surface area contributed by atoms with Crippen LogP contribution < -0.4 is 15.2 Å². The highest BCUT2D eigenvalue weighted by Crippen LogP contribution is 2.27. The normalized spacial score (nSPS) is 10.7. The van der Waals surface area contributed by atoms with E-state index in [0.29, 0.717) is 30.3 Å². The lowest BCUT2D eigenvalue weighted by Crippen LogP contribution is -2.06. The predicted molar refractivity (Wildman–Crippen MR) is 93.0 cm³/mol. The molecular formula is C18H19FN4O2. The molecule has 0 bridgehead atoms. The summed E-state index contributed by atoms with van der Waals surface area (Å²) in [4.78, 5) is 4.18. The van der Waals surface area contributed by atoms with Gasteiger partial charge in [0.1, 0.15) is 11.6 Å². The maximum Gasteiger partial charge on any atom is 0.166 e. The molecule has 0 aliphatic rings. The van der Waals surface area contributed by atoms with Crippen LogP contribution in [0.5, 0.6) is 11.5 Å². The van der Waals surface area contributed by atoms with Gasteiger partial charge in [0.25, 0.3) is 0 Å². The number of methoxy groups -OCH3 is 1. The molecule has 0 aliphatic carbocycles. The highest BCUT2D eigenvalue weighted by Gasteiger charge is 2.10. The zero-order valence-electron chi connectivity index (χ0n) is 14.1. The first-order valence-electron chi connectivity index (χ1n) is 7.77. The fraction of sp³-hybridized carbons (Fsp3) is 0.222. The van der Waals surface area contributed by atoms with Crippen molar-refractivity contribution in [2.75, 3.05) is 19.5 Å². The first kappa shape index (κ1) is 16.8. The van der Waals surface area contributed by atoms with Crippen molar-refractivity contribution >= 4 is 5.82 Å². The second kappa shape index (κ2) is 7.21. The summed E-state index contributed by atoms with van der Waals surface area (Å²) >= 11 is 0. The van der Waals surface area contributed by atoms with Gasteiger partial charge < -0.3 is 15.2 Å². The van der Waals surface area contributed by atoms with Gasteiger partial charge in [-0.3, -0.25) is 4.68 Å². The number of nitrogens with zero attached hydrogens (tertiary/aromatic N) is 3. The van der Waals surface area contributed by atoms with Crippen molar-refractivity contribution in [3.05, 3.63) is 54.1 Å². The third-order valence-corrected chi connectivity index (χ3v) is 3.87. The molecule has 6 nitrogen and oxygen atoms in total. The molecule has 2 N–H and O–H groups in total. The number of hydrogen-bond donors (Lipinski definition) is 1. The topological polar surface area (TPSA) is 75.2 Å². The minimum Gasteiger partial charge on any atom is -0.496 e. The molecule has 3 rings (SSSR count). The third-order valence-electron chi connectivity index (χ3n) is 3.87. The van der Waals surface area contributed by atoms with Crippen molar-refractivity contribution in [2.45, 2.75) is 6.42 Å². The molecule has 2 aromatic heterocycles. The van der Waals surface area contributed by atoms with Gasteiger partial charge in [-0.1, -0.05) is 0 Å². The van der Waals surface area contributed by atoms with Gasteiger partial charge in [-0.05, 0) is 30.3 Å². The Hall–Kier alpha value is -3.09. The fourth-order valence-electron chi connectivity index (χ4n) is 2.58. The van der Waals surface area contributed by atoms with Gasteiger partial charge in [0.05, 0.1) is 19.4 Å². The van der Waals surface area contributed by atoms with Crippen LogP contribution in [0.3, 0.4) is 0 Å². The van der Waals surface area contributed by atoms with E-state index >= 15 is 0 Å². The number of ether oxygens (including phenoxy) is 2. The predicted octanol–water partition coefficient (Wildman–Crippen LogP) is 2.83. The standard InChI is InChI=1S/C18H19FN4O2/c1-23-15(5-7-22-23)13-10-17(18(20)21-11-13)25-8-6-12-9-14(19)3-4-16(12)24-2/h3-5,7,9-11H,6,8H2,1-2H3,(H2,20,21). The lowest BCUT2D eigenvalue weighted by molar-refractivity contribution is 0.319. The Morgan fingerprint density at radius 2 is 2.04 bits per heavy atom. The Kier molecular flexibility index (Phi) is 4.83. The Morgan fingerprint density at radius 3 is 2.76 bits per heavy atom.